The van der Waals surface area contributed by atoms with Crippen LogP contribution in [0.5, 0.6) is 11.5 Å². The molecule has 1 heterocycles. The van der Waals surface area contributed by atoms with Gasteiger partial charge in [-0.2, -0.15) is 0 Å². The highest BCUT2D eigenvalue weighted by molar-refractivity contribution is 5.80. The summed E-state index contributed by atoms with van der Waals surface area (Å²) < 4.78 is 5.13. The number of benzene rings is 2. The molecular weight excluding hydrogens is 338 g/mol. The molecule has 0 bridgehead atoms. The molecule has 2 aromatic rings. The highest BCUT2D eigenvalue weighted by atomic mass is 16.5. The Hall–Kier alpha value is -2.69. The Morgan fingerprint density at radius 2 is 2.07 bits per heavy atom. The molecule has 0 aromatic heterocycles. The van der Waals surface area contributed by atoms with E-state index >= 15 is 0 Å². The molecule has 0 aliphatic carbocycles. The van der Waals surface area contributed by atoms with Crippen LogP contribution in [-0.2, 0) is 12.8 Å². The molecular formula is C22H29N3O2. The SMILES string of the molecule is CN=C(NCCc1ccc(OC)cc1O)N1CCC(Cc2ccccc2)C1. The second-order valence-electron chi connectivity index (χ2n) is 7.01. The molecule has 0 saturated carbocycles. The van der Waals surface area contributed by atoms with Crippen LogP contribution in [0.25, 0.3) is 0 Å². The van der Waals surface area contributed by atoms with E-state index in [9.17, 15) is 5.11 Å². The van der Waals surface area contributed by atoms with Crippen LogP contribution in [0.3, 0.4) is 0 Å². The van der Waals surface area contributed by atoms with Crippen molar-refractivity contribution in [1.29, 1.82) is 0 Å². The van der Waals surface area contributed by atoms with E-state index < -0.39 is 0 Å². The Morgan fingerprint density at radius 3 is 2.78 bits per heavy atom. The molecule has 27 heavy (non-hydrogen) atoms. The first-order valence-electron chi connectivity index (χ1n) is 9.55. The zero-order valence-electron chi connectivity index (χ0n) is 16.2. The van der Waals surface area contributed by atoms with Crippen LogP contribution in [0.15, 0.2) is 53.5 Å². The van der Waals surface area contributed by atoms with Gasteiger partial charge in [0.05, 0.1) is 7.11 Å². The molecule has 2 aromatic carbocycles. The van der Waals surface area contributed by atoms with E-state index in [2.05, 4.69) is 45.5 Å². The average Bonchev–Trinajstić information content (AvgIpc) is 3.15. The summed E-state index contributed by atoms with van der Waals surface area (Å²) in [6.07, 6.45) is 3.04. The van der Waals surface area contributed by atoms with Crippen LogP contribution >= 0.6 is 0 Å². The number of ether oxygens (including phenoxy) is 1. The molecule has 2 N–H and O–H groups in total. The Labute approximate surface area is 161 Å². The second-order valence-corrected chi connectivity index (χ2v) is 7.01. The number of likely N-dealkylation sites (tertiary alicyclic amines) is 1. The number of aliphatic imine (C=N–C) groups is 1. The molecule has 1 aliphatic heterocycles. The number of guanidine groups is 1. The van der Waals surface area contributed by atoms with E-state index in [1.54, 1.807) is 13.2 Å². The van der Waals surface area contributed by atoms with Gasteiger partial charge >= 0.3 is 0 Å². The molecule has 0 spiro atoms. The topological polar surface area (TPSA) is 57.1 Å². The Balaban J connectivity index is 1.48. The van der Waals surface area contributed by atoms with Crippen LogP contribution in [0.1, 0.15) is 17.5 Å². The van der Waals surface area contributed by atoms with Gasteiger partial charge in [0, 0.05) is 32.7 Å². The fraction of sp³-hybridized carbons (Fsp3) is 0.409. The number of hydrogen-bond acceptors (Lipinski definition) is 3. The number of methoxy groups -OCH3 is 1. The van der Waals surface area contributed by atoms with Crippen molar-refractivity contribution in [2.24, 2.45) is 10.9 Å². The molecule has 1 unspecified atom stereocenters. The summed E-state index contributed by atoms with van der Waals surface area (Å²) in [5.74, 6) is 2.55. The molecule has 5 heteroatoms. The van der Waals surface area contributed by atoms with Crippen LogP contribution in [-0.4, -0.2) is 49.8 Å². The quantitative estimate of drug-likeness (QED) is 0.609. The number of nitrogens with zero attached hydrogens (tertiary/aromatic N) is 2. The van der Waals surface area contributed by atoms with Gasteiger partial charge < -0.3 is 20.1 Å². The third-order valence-electron chi connectivity index (χ3n) is 5.13. The van der Waals surface area contributed by atoms with Gasteiger partial charge in [-0.1, -0.05) is 36.4 Å². The first-order valence-corrected chi connectivity index (χ1v) is 9.55. The van der Waals surface area contributed by atoms with Crippen LogP contribution in [0.4, 0.5) is 0 Å². The van der Waals surface area contributed by atoms with Crippen molar-refractivity contribution in [2.75, 3.05) is 33.8 Å². The summed E-state index contributed by atoms with van der Waals surface area (Å²) in [5.41, 5.74) is 2.31. The van der Waals surface area contributed by atoms with Gasteiger partial charge in [-0.05, 0) is 42.4 Å². The molecule has 1 saturated heterocycles. The second kappa shape index (κ2) is 9.31. The zero-order chi connectivity index (χ0) is 19.1. The first kappa shape index (κ1) is 19.1. The Morgan fingerprint density at radius 1 is 1.26 bits per heavy atom. The highest BCUT2D eigenvalue weighted by Gasteiger charge is 2.24. The average molecular weight is 367 g/mol. The molecule has 144 valence electrons. The fourth-order valence-electron chi connectivity index (χ4n) is 3.66. The van der Waals surface area contributed by atoms with Gasteiger partial charge in [0.15, 0.2) is 5.96 Å². The summed E-state index contributed by atoms with van der Waals surface area (Å²) in [7, 11) is 3.43. The summed E-state index contributed by atoms with van der Waals surface area (Å²) >= 11 is 0. The Bertz CT molecular complexity index is 761. The van der Waals surface area contributed by atoms with E-state index in [0.717, 1.165) is 44.0 Å². The van der Waals surface area contributed by atoms with Crippen LogP contribution < -0.4 is 10.1 Å². The van der Waals surface area contributed by atoms with E-state index in [1.165, 1.54) is 12.0 Å². The van der Waals surface area contributed by atoms with Crippen molar-refractivity contribution < 1.29 is 9.84 Å². The largest absolute Gasteiger partial charge is 0.508 e. The number of rotatable bonds is 6. The highest BCUT2D eigenvalue weighted by Crippen LogP contribution is 2.24. The number of phenolic OH excluding ortho intramolecular Hbond substituents is 1. The molecule has 1 fully saturated rings. The number of aromatic hydroxyl groups is 1. The van der Waals surface area contributed by atoms with E-state index in [-0.39, 0.29) is 5.75 Å². The first-order chi connectivity index (χ1) is 13.2. The third kappa shape index (κ3) is 5.16. The maximum atomic E-state index is 10.1. The van der Waals surface area contributed by atoms with Crippen molar-refractivity contribution in [2.45, 2.75) is 19.3 Å². The van der Waals surface area contributed by atoms with Gasteiger partial charge in [-0.15, -0.1) is 0 Å². The van der Waals surface area contributed by atoms with Crippen molar-refractivity contribution in [3.63, 3.8) is 0 Å². The molecule has 5 nitrogen and oxygen atoms in total. The molecule has 0 amide bonds. The Kier molecular flexibility index (Phi) is 6.58. The lowest BCUT2D eigenvalue weighted by atomic mass is 9.99. The van der Waals surface area contributed by atoms with Gasteiger partial charge in [0.1, 0.15) is 11.5 Å². The zero-order valence-corrected chi connectivity index (χ0v) is 16.2. The number of hydrogen-bond donors (Lipinski definition) is 2. The fourth-order valence-corrected chi connectivity index (χ4v) is 3.66. The van der Waals surface area contributed by atoms with Crippen molar-refractivity contribution in [3.05, 3.63) is 59.7 Å². The van der Waals surface area contributed by atoms with Gasteiger partial charge in [0.2, 0.25) is 0 Å². The predicted octanol–water partition coefficient (Wildman–Crippen LogP) is 3.08. The maximum absolute atomic E-state index is 10.1. The van der Waals surface area contributed by atoms with E-state index in [0.29, 0.717) is 11.7 Å². The summed E-state index contributed by atoms with van der Waals surface area (Å²) in [4.78, 5) is 6.78. The molecule has 1 atom stereocenters. The predicted molar refractivity (Wildman–Crippen MR) is 110 cm³/mol. The van der Waals surface area contributed by atoms with Crippen molar-refractivity contribution in [3.8, 4) is 11.5 Å². The minimum absolute atomic E-state index is 0.273. The number of nitrogens with one attached hydrogen (secondary N) is 1. The van der Waals surface area contributed by atoms with Gasteiger partial charge in [-0.25, -0.2) is 0 Å². The standard InChI is InChI=1S/C22H29N3O2/c1-23-22(24-12-10-19-8-9-20(27-2)15-21(19)26)25-13-11-18(16-25)14-17-6-4-3-5-7-17/h3-9,15,18,26H,10-14,16H2,1-2H3,(H,23,24). The van der Waals surface area contributed by atoms with Crippen molar-refractivity contribution >= 4 is 5.96 Å². The monoisotopic (exact) mass is 367 g/mol. The minimum Gasteiger partial charge on any atom is -0.508 e. The van der Waals surface area contributed by atoms with E-state index in [1.807, 2.05) is 19.2 Å². The van der Waals surface area contributed by atoms with Gasteiger partial charge in [0.25, 0.3) is 0 Å². The lowest BCUT2D eigenvalue weighted by Gasteiger charge is -2.22. The van der Waals surface area contributed by atoms with Crippen molar-refractivity contribution in [1.82, 2.24) is 10.2 Å². The number of phenols is 1. The summed E-state index contributed by atoms with van der Waals surface area (Å²) in [5, 5.41) is 13.5. The van der Waals surface area contributed by atoms with Gasteiger partial charge in [-0.3, -0.25) is 4.99 Å². The molecule has 0 radical (unpaired) electrons. The lowest BCUT2D eigenvalue weighted by Crippen LogP contribution is -2.41. The van der Waals surface area contributed by atoms with E-state index in [4.69, 9.17) is 4.74 Å². The maximum Gasteiger partial charge on any atom is 0.193 e. The molecule has 3 rings (SSSR count). The summed E-state index contributed by atoms with van der Waals surface area (Å²) in [6.45, 7) is 2.79. The normalized spacial score (nSPS) is 17.2. The lowest BCUT2D eigenvalue weighted by molar-refractivity contribution is 0.406. The smallest absolute Gasteiger partial charge is 0.193 e. The van der Waals surface area contributed by atoms with Crippen LogP contribution in [0.2, 0.25) is 0 Å². The van der Waals surface area contributed by atoms with Crippen LogP contribution in [0, 0.1) is 5.92 Å². The summed E-state index contributed by atoms with van der Waals surface area (Å²) in [6, 6.07) is 16.1. The minimum atomic E-state index is 0.273. The molecule has 1 aliphatic rings. The third-order valence-corrected chi connectivity index (χ3v) is 5.13.